The molecule has 0 N–H and O–H groups in total. The predicted molar refractivity (Wildman–Crippen MR) is 88.0 cm³/mol. The molecule has 0 nitrogen and oxygen atoms in total. The molecule has 0 fully saturated rings. The summed E-state index contributed by atoms with van der Waals surface area (Å²) in [6, 6.07) is 8.49. The Bertz CT molecular complexity index is 563. The molecule has 1 aromatic heterocycles. The Morgan fingerprint density at radius 2 is 1.94 bits per heavy atom. The van der Waals surface area contributed by atoms with Gasteiger partial charge in [0, 0.05) is 18.7 Å². The monoisotopic (exact) mass is 406 g/mol. The summed E-state index contributed by atoms with van der Waals surface area (Å²) < 4.78 is 2.16. The third-order valence-electron chi connectivity index (χ3n) is 2.83. The van der Waals surface area contributed by atoms with Crippen molar-refractivity contribution >= 4 is 54.8 Å². The average molecular weight is 409 g/mol. The van der Waals surface area contributed by atoms with Crippen LogP contribution in [0.2, 0.25) is 0 Å². The average Bonchev–Trinajstić information content (AvgIpc) is 2.81. The number of aryl methyl sites for hydroxylation is 2. The zero-order chi connectivity index (χ0) is 13.3. The van der Waals surface area contributed by atoms with Gasteiger partial charge in [-0.15, -0.1) is 22.9 Å². The number of hydrogen-bond acceptors (Lipinski definition) is 1. The molecule has 0 spiro atoms. The maximum absolute atomic E-state index is 6.59. The van der Waals surface area contributed by atoms with Gasteiger partial charge in [-0.05, 0) is 48.7 Å². The molecule has 0 aliphatic rings. The summed E-state index contributed by atoms with van der Waals surface area (Å²) in [6.07, 6.45) is 1.06. The van der Waals surface area contributed by atoms with Gasteiger partial charge in [0.1, 0.15) is 0 Å². The summed E-state index contributed by atoms with van der Waals surface area (Å²) in [5.41, 5.74) is 2.31. The number of thiophene rings is 1. The summed E-state index contributed by atoms with van der Waals surface area (Å²) >= 11 is 15.5. The van der Waals surface area contributed by atoms with Gasteiger partial charge >= 0.3 is 0 Å². The van der Waals surface area contributed by atoms with Crippen molar-refractivity contribution in [2.45, 2.75) is 25.6 Å². The van der Waals surface area contributed by atoms with Crippen molar-refractivity contribution in [3.8, 4) is 0 Å². The van der Waals surface area contributed by atoms with E-state index in [1.807, 2.05) is 0 Å². The molecule has 0 aliphatic carbocycles. The fraction of sp³-hybridized carbons (Fsp3) is 0.286. The number of halogens is 3. The van der Waals surface area contributed by atoms with E-state index in [1.54, 1.807) is 11.3 Å². The fourth-order valence-corrected chi connectivity index (χ4v) is 4.25. The first kappa shape index (κ1) is 14.6. The van der Waals surface area contributed by atoms with E-state index in [-0.39, 0.29) is 5.38 Å². The van der Waals surface area contributed by atoms with Crippen LogP contribution < -0.4 is 0 Å². The van der Waals surface area contributed by atoms with Crippen molar-refractivity contribution in [2.24, 2.45) is 0 Å². The minimum absolute atomic E-state index is 0.0958. The minimum atomic E-state index is -0.0958. The quantitative estimate of drug-likeness (QED) is 0.511. The van der Waals surface area contributed by atoms with Crippen LogP contribution in [0.4, 0.5) is 0 Å². The highest BCUT2D eigenvalue weighted by atomic mass is 79.9. The topological polar surface area (TPSA) is 0 Å². The molecule has 0 radical (unpaired) electrons. The zero-order valence-electron chi connectivity index (χ0n) is 10.1. The third-order valence-corrected chi connectivity index (χ3v) is 6.27. The first-order valence-electron chi connectivity index (χ1n) is 5.71. The molecule has 0 bridgehead atoms. The van der Waals surface area contributed by atoms with E-state index in [0.717, 1.165) is 20.9 Å². The lowest BCUT2D eigenvalue weighted by molar-refractivity contribution is 1.15. The first-order chi connectivity index (χ1) is 8.52. The van der Waals surface area contributed by atoms with Crippen LogP contribution in [-0.2, 0) is 6.42 Å². The molecule has 1 heterocycles. The van der Waals surface area contributed by atoms with E-state index >= 15 is 0 Å². The maximum atomic E-state index is 6.59. The van der Waals surface area contributed by atoms with Gasteiger partial charge in [0.25, 0.3) is 0 Å². The summed E-state index contributed by atoms with van der Waals surface area (Å²) in [5.74, 6) is 0. The van der Waals surface area contributed by atoms with E-state index < -0.39 is 0 Å². The van der Waals surface area contributed by atoms with Gasteiger partial charge < -0.3 is 0 Å². The first-order valence-corrected chi connectivity index (χ1v) is 8.55. The van der Waals surface area contributed by atoms with Crippen molar-refractivity contribution in [1.82, 2.24) is 0 Å². The van der Waals surface area contributed by atoms with Gasteiger partial charge in [0.2, 0.25) is 0 Å². The molecule has 2 aromatic rings. The van der Waals surface area contributed by atoms with Gasteiger partial charge in [0.15, 0.2) is 0 Å². The lowest BCUT2D eigenvalue weighted by Crippen LogP contribution is -1.93. The van der Waals surface area contributed by atoms with Gasteiger partial charge in [-0.25, -0.2) is 0 Å². The molecule has 0 saturated carbocycles. The molecular weight excluding hydrogens is 395 g/mol. The highest BCUT2D eigenvalue weighted by Crippen LogP contribution is 2.39. The Labute approximate surface area is 134 Å². The standard InChI is InChI=1S/C14H13Br2ClS/c1-3-9-4-5-13(18-9)14(17)10-7-11(15)8(2)6-12(10)16/h4-7,14H,3H2,1-2H3. The molecule has 96 valence electrons. The van der Waals surface area contributed by atoms with Crippen LogP contribution in [0.25, 0.3) is 0 Å². The molecule has 0 saturated heterocycles. The van der Waals surface area contributed by atoms with Crippen molar-refractivity contribution in [2.75, 3.05) is 0 Å². The second kappa shape index (κ2) is 6.08. The van der Waals surface area contributed by atoms with Crippen molar-refractivity contribution < 1.29 is 0 Å². The van der Waals surface area contributed by atoms with E-state index in [9.17, 15) is 0 Å². The fourth-order valence-electron chi connectivity index (χ4n) is 1.73. The maximum Gasteiger partial charge on any atom is 0.0939 e. The van der Waals surface area contributed by atoms with E-state index in [2.05, 4.69) is 70.0 Å². The van der Waals surface area contributed by atoms with Gasteiger partial charge in [-0.2, -0.15) is 0 Å². The zero-order valence-corrected chi connectivity index (χ0v) is 14.9. The van der Waals surface area contributed by atoms with Gasteiger partial charge in [-0.3, -0.25) is 0 Å². The Balaban J connectivity index is 2.39. The van der Waals surface area contributed by atoms with Crippen LogP contribution >= 0.6 is 54.8 Å². The van der Waals surface area contributed by atoms with Gasteiger partial charge in [-0.1, -0.05) is 38.8 Å². The molecule has 2 rings (SSSR count). The second-order valence-electron chi connectivity index (χ2n) is 4.14. The Kier molecular flexibility index (Phi) is 4.92. The Hall–Kier alpha value is 0.170. The van der Waals surface area contributed by atoms with Crippen LogP contribution in [0.5, 0.6) is 0 Å². The molecule has 0 amide bonds. The van der Waals surface area contributed by atoms with E-state index in [4.69, 9.17) is 11.6 Å². The van der Waals surface area contributed by atoms with Crippen molar-refractivity contribution in [3.05, 3.63) is 54.1 Å². The largest absolute Gasteiger partial charge is 0.143 e. The van der Waals surface area contributed by atoms with Crippen LogP contribution in [0.3, 0.4) is 0 Å². The van der Waals surface area contributed by atoms with Crippen LogP contribution in [0.15, 0.2) is 33.2 Å². The lowest BCUT2D eigenvalue weighted by Gasteiger charge is -2.12. The molecule has 1 unspecified atom stereocenters. The molecule has 1 aromatic carbocycles. The number of hydrogen-bond donors (Lipinski definition) is 0. The molecule has 0 aliphatic heterocycles. The SMILES string of the molecule is CCc1ccc(C(Cl)c2cc(Br)c(C)cc2Br)s1. The number of rotatable bonds is 3. The Morgan fingerprint density at radius 3 is 2.56 bits per heavy atom. The van der Waals surface area contributed by atoms with Crippen molar-refractivity contribution in [3.63, 3.8) is 0 Å². The number of alkyl halides is 1. The van der Waals surface area contributed by atoms with Gasteiger partial charge in [0.05, 0.1) is 5.38 Å². The van der Waals surface area contributed by atoms with E-state index in [0.29, 0.717) is 0 Å². The lowest BCUT2D eigenvalue weighted by atomic mass is 10.1. The van der Waals surface area contributed by atoms with Crippen LogP contribution in [0, 0.1) is 6.92 Å². The molecule has 4 heteroatoms. The van der Waals surface area contributed by atoms with E-state index in [1.165, 1.54) is 15.3 Å². The summed E-state index contributed by atoms with van der Waals surface area (Å²) in [4.78, 5) is 2.57. The number of benzene rings is 1. The highest BCUT2D eigenvalue weighted by molar-refractivity contribution is 9.11. The molecular formula is C14H13Br2ClS. The normalized spacial score (nSPS) is 12.7. The Morgan fingerprint density at radius 1 is 1.22 bits per heavy atom. The second-order valence-corrected chi connectivity index (χ2v) is 7.49. The third kappa shape index (κ3) is 3.01. The summed E-state index contributed by atoms with van der Waals surface area (Å²) in [6.45, 7) is 4.24. The molecule has 1 atom stereocenters. The molecule has 18 heavy (non-hydrogen) atoms. The van der Waals surface area contributed by atoms with Crippen LogP contribution in [0.1, 0.15) is 33.2 Å². The predicted octanol–water partition coefficient (Wildman–Crippen LogP) is 6.47. The smallest absolute Gasteiger partial charge is 0.0939 e. The minimum Gasteiger partial charge on any atom is -0.143 e. The van der Waals surface area contributed by atoms with Crippen LogP contribution in [-0.4, -0.2) is 0 Å². The van der Waals surface area contributed by atoms with Crippen molar-refractivity contribution in [1.29, 1.82) is 0 Å². The summed E-state index contributed by atoms with van der Waals surface area (Å²) in [5, 5.41) is -0.0958. The highest BCUT2D eigenvalue weighted by Gasteiger charge is 2.17. The summed E-state index contributed by atoms with van der Waals surface area (Å²) in [7, 11) is 0.